The third-order valence-electron chi connectivity index (χ3n) is 3.18. The van der Waals surface area contributed by atoms with E-state index in [0.29, 0.717) is 6.54 Å². The Morgan fingerprint density at radius 1 is 1.04 bits per heavy atom. The second-order valence-electron chi connectivity index (χ2n) is 4.84. The monoisotopic (exact) mass is 364 g/mol. The molecule has 0 aliphatic heterocycles. The van der Waals surface area contributed by atoms with Crippen LogP contribution in [0.3, 0.4) is 0 Å². The molecule has 0 aromatic carbocycles. The van der Waals surface area contributed by atoms with Crippen molar-refractivity contribution < 1.29 is 9.90 Å². The predicted octanol–water partition coefficient (Wildman–Crippen LogP) is 4.07. The molecule has 7 heteroatoms. The number of aliphatic hydroxyl groups is 1. The molecule has 3 aromatic heterocycles. The number of hydrogen-bond acceptors (Lipinski definition) is 5. The molecular formula is C16H16N2O2S3. The van der Waals surface area contributed by atoms with Gasteiger partial charge in [0.05, 0.1) is 13.1 Å². The predicted molar refractivity (Wildman–Crippen MR) is 97.1 cm³/mol. The first-order valence-electron chi connectivity index (χ1n) is 7.08. The first-order chi connectivity index (χ1) is 11.2. The number of thiophene rings is 3. The number of hydrogen-bond donors (Lipinski definition) is 3. The van der Waals surface area contributed by atoms with Crippen LogP contribution in [0.1, 0.15) is 15.9 Å². The molecule has 3 heterocycles. The summed E-state index contributed by atoms with van der Waals surface area (Å²) in [7, 11) is 0. The van der Waals surface area contributed by atoms with Crippen LogP contribution in [-0.2, 0) is 6.54 Å². The molecule has 0 aliphatic carbocycles. The summed E-state index contributed by atoms with van der Waals surface area (Å²) >= 11 is 4.83. The van der Waals surface area contributed by atoms with Gasteiger partial charge in [0.25, 0.3) is 0 Å². The van der Waals surface area contributed by atoms with E-state index in [-0.39, 0.29) is 12.6 Å². The summed E-state index contributed by atoms with van der Waals surface area (Å²) < 4.78 is 0. The Morgan fingerprint density at radius 3 is 2.61 bits per heavy atom. The molecule has 23 heavy (non-hydrogen) atoms. The van der Waals surface area contributed by atoms with E-state index in [1.54, 1.807) is 34.0 Å². The van der Waals surface area contributed by atoms with Crippen molar-refractivity contribution in [3.05, 3.63) is 56.9 Å². The van der Waals surface area contributed by atoms with Gasteiger partial charge in [0.15, 0.2) is 0 Å². The van der Waals surface area contributed by atoms with Crippen molar-refractivity contribution in [3.8, 4) is 9.75 Å². The maximum absolute atomic E-state index is 11.7. The molecule has 4 nitrogen and oxygen atoms in total. The third-order valence-corrected chi connectivity index (χ3v) is 6.31. The largest absolute Gasteiger partial charge is 0.386 e. The summed E-state index contributed by atoms with van der Waals surface area (Å²) in [6.45, 7) is 0.696. The average Bonchev–Trinajstić information content (AvgIpc) is 3.31. The Labute approximate surface area is 146 Å². The van der Waals surface area contributed by atoms with Gasteiger partial charge < -0.3 is 15.7 Å². The van der Waals surface area contributed by atoms with Crippen LogP contribution in [0.4, 0.5) is 4.79 Å². The smallest absolute Gasteiger partial charge is 0.315 e. The Morgan fingerprint density at radius 2 is 1.87 bits per heavy atom. The van der Waals surface area contributed by atoms with Crippen molar-refractivity contribution in [1.29, 1.82) is 0 Å². The number of amides is 2. The molecule has 0 bridgehead atoms. The fraction of sp³-hybridized carbons (Fsp3) is 0.188. The average molecular weight is 365 g/mol. The normalized spacial score (nSPS) is 12.0. The molecule has 120 valence electrons. The van der Waals surface area contributed by atoms with Gasteiger partial charge in [-0.2, -0.15) is 0 Å². The maximum atomic E-state index is 11.7. The molecule has 0 saturated carbocycles. The van der Waals surface area contributed by atoms with E-state index in [2.05, 4.69) is 16.7 Å². The standard InChI is InChI=1S/C16H16N2O2S3/c19-12(10-18-16(20)17-9-11-3-1-7-21-11)13-5-6-15(23-13)14-4-2-8-22-14/h1-8,12,19H,9-10H2,(H2,17,18,20)/t12-/m0/s1. The lowest BCUT2D eigenvalue weighted by Crippen LogP contribution is -2.37. The number of nitrogens with one attached hydrogen (secondary N) is 2. The molecule has 0 radical (unpaired) electrons. The zero-order valence-electron chi connectivity index (χ0n) is 12.2. The maximum Gasteiger partial charge on any atom is 0.315 e. The van der Waals surface area contributed by atoms with Crippen LogP contribution in [0, 0.1) is 0 Å². The van der Waals surface area contributed by atoms with Crippen molar-refractivity contribution >= 4 is 40.0 Å². The number of carbonyl (C=O) groups excluding carboxylic acids is 1. The van der Waals surface area contributed by atoms with Crippen LogP contribution >= 0.6 is 34.0 Å². The minimum Gasteiger partial charge on any atom is -0.386 e. The Bertz CT molecular complexity index is 735. The summed E-state index contributed by atoms with van der Waals surface area (Å²) in [6, 6.07) is 11.6. The minimum absolute atomic E-state index is 0.195. The molecule has 0 fully saturated rings. The van der Waals surface area contributed by atoms with Crippen LogP contribution in [0.15, 0.2) is 47.2 Å². The van der Waals surface area contributed by atoms with E-state index in [1.807, 2.05) is 41.1 Å². The molecule has 0 aliphatic rings. The molecular weight excluding hydrogens is 348 g/mol. The van der Waals surface area contributed by atoms with Gasteiger partial charge in [-0.1, -0.05) is 12.1 Å². The zero-order chi connectivity index (χ0) is 16.1. The van der Waals surface area contributed by atoms with Gasteiger partial charge in [-0.05, 0) is 35.0 Å². The van der Waals surface area contributed by atoms with Gasteiger partial charge in [0, 0.05) is 19.5 Å². The highest BCUT2D eigenvalue weighted by atomic mass is 32.1. The molecule has 2 amide bonds. The Kier molecular flexibility index (Phi) is 5.45. The van der Waals surface area contributed by atoms with E-state index in [1.165, 1.54) is 4.88 Å². The van der Waals surface area contributed by atoms with Crippen molar-refractivity contribution in [3.63, 3.8) is 0 Å². The lowest BCUT2D eigenvalue weighted by atomic mass is 10.3. The quantitative estimate of drug-likeness (QED) is 0.617. The van der Waals surface area contributed by atoms with Gasteiger partial charge in [-0.15, -0.1) is 34.0 Å². The topological polar surface area (TPSA) is 61.4 Å². The summed E-state index contributed by atoms with van der Waals surface area (Å²) in [4.78, 5) is 16.0. The van der Waals surface area contributed by atoms with E-state index in [4.69, 9.17) is 0 Å². The van der Waals surface area contributed by atoms with Crippen LogP contribution in [0.25, 0.3) is 9.75 Å². The van der Waals surface area contributed by atoms with Gasteiger partial charge in [0.2, 0.25) is 0 Å². The van der Waals surface area contributed by atoms with E-state index >= 15 is 0 Å². The van der Waals surface area contributed by atoms with E-state index in [0.717, 1.165) is 14.6 Å². The molecule has 0 spiro atoms. The second kappa shape index (κ2) is 7.74. The Hall–Kier alpha value is -1.67. The first-order valence-corrected chi connectivity index (χ1v) is 9.65. The fourth-order valence-electron chi connectivity index (χ4n) is 2.02. The second-order valence-corrected chi connectivity index (χ2v) is 7.93. The molecule has 3 aromatic rings. The summed E-state index contributed by atoms with van der Waals surface area (Å²) in [5, 5.41) is 19.7. The van der Waals surface area contributed by atoms with Gasteiger partial charge in [0.1, 0.15) is 6.10 Å². The van der Waals surface area contributed by atoms with Gasteiger partial charge >= 0.3 is 6.03 Å². The van der Waals surface area contributed by atoms with Crippen molar-refractivity contribution in [1.82, 2.24) is 10.6 Å². The molecule has 3 rings (SSSR count). The minimum atomic E-state index is -0.693. The van der Waals surface area contributed by atoms with E-state index < -0.39 is 6.10 Å². The van der Waals surface area contributed by atoms with Crippen LogP contribution in [0.2, 0.25) is 0 Å². The number of carbonyl (C=O) groups is 1. The van der Waals surface area contributed by atoms with Crippen LogP contribution in [-0.4, -0.2) is 17.7 Å². The zero-order valence-corrected chi connectivity index (χ0v) is 14.6. The van der Waals surface area contributed by atoms with Crippen molar-refractivity contribution in [2.24, 2.45) is 0 Å². The van der Waals surface area contributed by atoms with Gasteiger partial charge in [-0.25, -0.2) is 4.79 Å². The van der Waals surface area contributed by atoms with Crippen LogP contribution in [0.5, 0.6) is 0 Å². The number of aliphatic hydroxyl groups excluding tert-OH is 1. The summed E-state index contributed by atoms with van der Waals surface area (Å²) in [5.41, 5.74) is 0. The summed E-state index contributed by atoms with van der Waals surface area (Å²) in [5.74, 6) is 0. The fourth-order valence-corrected chi connectivity index (χ4v) is 4.49. The number of rotatable bonds is 6. The third kappa shape index (κ3) is 4.42. The highest BCUT2D eigenvalue weighted by Gasteiger charge is 2.13. The first kappa shape index (κ1) is 16.2. The van der Waals surface area contributed by atoms with Crippen molar-refractivity contribution in [2.75, 3.05) is 6.54 Å². The Balaban J connectivity index is 1.47. The summed E-state index contributed by atoms with van der Waals surface area (Å²) in [6.07, 6.45) is -0.693. The lowest BCUT2D eigenvalue weighted by Gasteiger charge is -2.11. The molecule has 1 atom stereocenters. The van der Waals surface area contributed by atoms with Gasteiger partial charge in [-0.3, -0.25) is 0 Å². The molecule has 0 unspecified atom stereocenters. The van der Waals surface area contributed by atoms with E-state index in [9.17, 15) is 9.90 Å². The van der Waals surface area contributed by atoms with Crippen LogP contribution < -0.4 is 10.6 Å². The number of urea groups is 1. The highest BCUT2D eigenvalue weighted by molar-refractivity contribution is 7.21. The lowest BCUT2D eigenvalue weighted by molar-refractivity contribution is 0.176. The molecule has 0 saturated heterocycles. The highest BCUT2D eigenvalue weighted by Crippen LogP contribution is 2.33. The van der Waals surface area contributed by atoms with Crippen molar-refractivity contribution in [2.45, 2.75) is 12.6 Å². The molecule has 3 N–H and O–H groups in total. The SMILES string of the molecule is O=C(NCc1cccs1)NC[C@H](O)c1ccc(-c2cccs2)s1.